The fourth-order valence-corrected chi connectivity index (χ4v) is 5.27. The van der Waals surface area contributed by atoms with Crippen LogP contribution in [0.3, 0.4) is 0 Å². The van der Waals surface area contributed by atoms with Crippen molar-refractivity contribution in [1.82, 2.24) is 10.2 Å². The number of likely N-dealkylation sites (tertiary alicyclic amines) is 1. The monoisotopic (exact) mass is 479 g/mol. The Kier molecular flexibility index (Phi) is 10.3. The minimum Gasteiger partial charge on any atom is -0.381 e. The topological polar surface area (TPSA) is 76.8 Å². The minimum atomic E-state index is -0.0863. The number of nitrogens with zero attached hydrogens (tertiary/aromatic N) is 1. The van der Waals surface area contributed by atoms with Crippen LogP contribution in [0.1, 0.15) is 69.6 Å². The molecule has 2 aliphatic rings. The van der Waals surface area contributed by atoms with Crippen molar-refractivity contribution in [3.05, 3.63) is 34.3 Å². The Morgan fingerprint density at radius 2 is 2.12 bits per heavy atom. The molecule has 1 aromatic carbocycles. The first-order chi connectivity index (χ1) is 15.8. The summed E-state index contributed by atoms with van der Waals surface area (Å²) in [6.45, 7) is 9.77. The molecule has 3 N–H and O–H groups in total. The van der Waals surface area contributed by atoms with E-state index in [1.165, 1.54) is 12.0 Å². The van der Waals surface area contributed by atoms with E-state index in [0.717, 1.165) is 57.4 Å². The molecule has 0 aromatic heterocycles. The van der Waals surface area contributed by atoms with Crippen molar-refractivity contribution in [3.63, 3.8) is 0 Å². The van der Waals surface area contributed by atoms with E-state index < -0.39 is 0 Å². The summed E-state index contributed by atoms with van der Waals surface area (Å²) >= 11 is 6.32. The maximum Gasteiger partial charge on any atom is 0.317 e. The molecule has 0 bridgehead atoms. The number of piperidine rings is 1. The van der Waals surface area contributed by atoms with E-state index in [1.54, 1.807) is 0 Å². The van der Waals surface area contributed by atoms with Crippen LogP contribution in [0.2, 0.25) is 5.02 Å². The standard InChI is InChI=1S/C26H42ClN3O3/c1-18(2)33-25(24-14-22(27)10-9-19(24)3)21-8-6-11-30(16-21)26(31)29-15-23(28)13-20-7-4-5-12-32-17-20/h9-10,14,18,20-21,23,25H,4-8,11-13,15-17,28H2,1-3H3,(H,29,31)/t20-,21-,23-,25?/m1/s1. The number of hydrogen-bond donors (Lipinski definition) is 2. The number of ether oxygens (including phenoxy) is 2. The fraction of sp³-hybridized carbons (Fsp3) is 0.731. The molecular weight excluding hydrogens is 438 g/mol. The third-order valence-electron chi connectivity index (χ3n) is 6.80. The van der Waals surface area contributed by atoms with Gasteiger partial charge in [-0.05, 0) is 82.1 Å². The third kappa shape index (κ3) is 8.13. The number of nitrogens with one attached hydrogen (secondary N) is 1. The van der Waals surface area contributed by atoms with Gasteiger partial charge < -0.3 is 25.4 Å². The van der Waals surface area contributed by atoms with E-state index in [2.05, 4.69) is 26.1 Å². The van der Waals surface area contributed by atoms with E-state index >= 15 is 0 Å². The predicted octanol–water partition coefficient (Wildman–Crippen LogP) is 5.07. The van der Waals surface area contributed by atoms with Gasteiger partial charge in [0, 0.05) is 49.8 Å². The molecule has 0 saturated carbocycles. The molecule has 33 heavy (non-hydrogen) atoms. The average Bonchev–Trinajstić information content (AvgIpc) is 3.06. The molecular formula is C26H42ClN3O3. The molecule has 2 aliphatic heterocycles. The lowest BCUT2D eigenvalue weighted by Crippen LogP contribution is -2.49. The number of benzene rings is 1. The van der Waals surface area contributed by atoms with Crippen LogP contribution in [0.15, 0.2) is 18.2 Å². The smallest absolute Gasteiger partial charge is 0.317 e. The Balaban J connectivity index is 1.57. The van der Waals surface area contributed by atoms with Crippen LogP contribution in [-0.4, -0.2) is 55.9 Å². The van der Waals surface area contributed by atoms with Gasteiger partial charge in [0.25, 0.3) is 0 Å². The second kappa shape index (κ2) is 12.9. The largest absolute Gasteiger partial charge is 0.381 e. The molecule has 0 aliphatic carbocycles. The first-order valence-electron chi connectivity index (χ1n) is 12.6. The Bertz CT molecular complexity index is 752. The summed E-state index contributed by atoms with van der Waals surface area (Å²) in [5.41, 5.74) is 8.64. The molecule has 0 radical (unpaired) electrons. The van der Waals surface area contributed by atoms with Crippen molar-refractivity contribution in [1.29, 1.82) is 0 Å². The maximum atomic E-state index is 13.0. The minimum absolute atomic E-state index is 0.0293. The highest BCUT2D eigenvalue weighted by atomic mass is 35.5. The quantitative estimate of drug-likeness (QED) is 0.545. The number of halogens is 1. The zero-order chi connectivity index (χ0) is 23.8. The summed E-state index contributed by atoms with van der Waals surface area (Å²) in [7, 11) is 0. The molecule has 3 rings (SSSR count). The average molecular weight is 480 g/mol. The van der Waals surface area contributed by atoms with Crippen molar-refractivity contribution in [2.75, 3.05) is 32.8 Å². The summed E-state index contributed by atoms with van der Waals surface area (Å²) in [5.74, 6) is 0.717. The second-order valence-corrected chi connectivity index (χ2v) is 10.5. The highest BCUT2D eigenvalue weighted by Crippen LogP contribution is 2.36. The van der Waals surface area contributed by atoms with Gasteiger partial charge in [-0.25, -0.2) is 4.79 Å². The summed E-state index contributed by atoms with van der Waals surface area (Å²) in [4.78, 5) is 14.9. The van der Waals surface area contributed by atoms with E-state index in [4.69, 9.17) is 26.8 Å². The van der Waals surface area contributed by atoms with Crippen LogP contribution in [0.5, 0.6) is 0 Å². The van der Waals surface area contributed by atoms with E-state index in [-0.39, 0.29) is 30.2 Å². The molecule has 2 heterocycles. The highest BCUT2D eigenvalue weighted by molar-refractivity contribution is 6.30. The number of hydrogen-bond acceptors (Lipinski definition) is 4. The molecule has 186 valence electrons. The molecule has 7 heteroatoms. The summed E-state index contributed by atoms with van der Waals surface area (Å²) in [5, 5.41) is 3.79. The van der Waals surface area contributed by atoms with Crippen molar-refractivity contribution in [2.24, 2.45) is 17.6 Å². The second-order valence-electron chi connectivity index (χ2n) is 10.1. The number of rotatable bonds is 8. The number of urea groups is 1. The van der Waals surface area contributed by atoms with Gasteiger partial charge in [-0.2, -0.15) is 0 Å². The first kappa shape index (κ1) is 26.3. The van der Waals surface area contributed by atoms with Gasteiger partial charge in [-0.3, -0.25) is 0 Å². The zero-order valence-corrected chi connectivity index (χ0v) is 21.3. The summed E-state index contributed by atoms with van der Waals surface area (Å²) in [6, 6.07) is 5.89. The van der Waals surface area contributed by atoms with E-state index in [9.17, 15) is 4.79 Å². The molecule has 6 nitrogen and oxygen atoms in total. The normalized spacial score (nSPS) is 23.8. The number of carbonyl (C=O) groups is 1. The van der Waals surface area contributed by atoms with Crippen LogP contribution in [0.4, 0.5) is 4.79 Å². The Hall–Kier alpha value is -1.34. The van der Waals surface area contributed by atoms with Crippen LogP contribution < -0.4 is 11.1 Å². The molecule has 2 amide bonds. The van der Waals surface area contributed by atoms with Crippen LogP contribution in [0.25, 0.3) is 0 Å². The van der Waals surface area contributed by atoms with Crippen LogP contribution >= 0.6 is 11.6 Å². The Morgan fingerprint density at radius 3 is 2.91 bits per heavy atom. The maximum absolute atomic E-state index is 13.0. The van der Waals surface area contributed by atoms with Gasteiger partial charge >= 0.3 is 6.03 Å². The third-order valence-corrected chi connectivity index (χ3v) is 7.03. The van der Waals surface area contributed by atoms with Gasteiger partial charge in [-0.1, -0.05) is 24.1 Å². The van der Waals surface area contributed by atoms with Crippen molar-refractivity contribution < 1.29 is 14.3 Å². The van der Waals surface area contributed by atoms with Crippen LogP contribution in [-0.2, 0) is 9.47 Å². The fourth-order valence-electron chi connectivity index (χ4n) is 5.09. The van der Waals surface area contributed by atoms with Crippen LogP contribution in [0, 0.1) is 18.8 Å². The molecule has 0 spiro atoms. The Labute approximate surface area is 204 Å². The van der Waals surface area contributed by atoms with Gasteiger partial charge in [0.15, 0.2) is 0 Å². The number of carbonyl (C=O) groups excluding carboxylic acids is 1. The molecule has 1 unspecified atom stereocenters. The number of nitrogens with two attached hydrogens (primary N) is 1. The van der Waals surface area contributed by atoms with Gasteiger partial charge in [0.1, 0.15) is 0 Å². The lowest BCUT2D eigenvalue weighted by molar-refractivity contribution is -0.0436. The van der Waals surface area contributed by atoms with E-state index in [1.807, 2.05) is 23.1 Å². The lowest BCUT2D eigenvalue weighted by atomic mass is 9.86. The highest BCUT2D eigenvalue weighted by Gasteiger charge is 2.32. The molecule has 1 aromatic rings. The lowest BCUT2D eigenvalue weighted by Gasteiger charge is -2.38. The first-order valence-corrected chi connectivity index (χ1v) is 13.0. The number of aryl methyl sites for hydroxylation is 1. The van der Waals surface area contributed by atoms with Gasteiger partial charge in [0.2, 0.25) is 0 Å². The SMILES string of the molecule is Cc1ccc(Cl)cc1C(OC(C)C)[C@@H]1CCCN(C(=O)NC[C@H](N)C[C@H]2CCCCOC2)C1. The molecule has 2 fully saturated rings. The summed E-state index contributed by atoms with van der Waals surface area (Å²) < 4.78 is 12.1. The summed E-state index contributed by atoms with van der Waals surface area (Å²) in [6.07, 6.45) is 6.37. The number of amides is 2. The van der Waals surface area contributed by atoms with Crippen molar-refractivity contribution in [3.8, 4) is 0 Å². The van der Waals surface area contributed by atoms with Gasteiger partial charge in [0.05, 0.1) is 12.2 Å². The van der Waals surface area contributed by atoms with E-state index in [0.29, 0.717) is 24.0 Å². The van der Waals surface area contributed by atoms with Gasteiger partial charge in [-0.15, -0.1) is 0 Å². The van der Waals surface area contributed by atoms with Crippen molar-refractivity contribution in [2.45, 2.75) is 77.5 Å². The molecule has 4 atom stereocenters. The Morgan fingerprint density at radius 1 is 1.30 bits per heavy atom. The molecule has 2 saturated heterocycles. The van der Waals surface area contributed by atoms with Crippen molar-refractivity contribution >= 4 is 17.6 Å². The zero-order valence-electron chi connectivity index (χ0n) is 20.5. The predicted molar refractivity (Wildman–Crippen MR) is 134 cm³/mol.